The van der Waals surface area contributed by atoms with E-state index in [0.29, 0.717) is 6.42 Å². The second-order valence-electron chi connectivity index (χ2n) is 4.34. The van der Waals surface area contributed by atoms with Crippen molar-refractivity contribution in [2.45, 2.75) is 46.0 Å². The second-order valence-corrected chi connectivity index (χ2v) is 4.34. The molecule has 0 saturated heterocycles. The highest BCUT2D eigenvalue weighted by Gasteiger charge is 2.13. The molecule has 0 aromatic heterocycles. The number of benzene rings is 1. The van der Waals surface area contributed by atoms with E-state index in [1.165, 1.54) is 0 Å². The topological polar surface area (TPSA) is 20.3 Å². The maximum atomic E-state index is 12.1. The maximum Gasteiger partial charge on any atom is 0.226 e. The summed E-state index contributed by atoms with van der Waals surface area (Å²) in [6.45, 7) is 5.11. The lowest BCUT2D eigenvalue weighted by Gasteiger charge is -2.22. The molecule has 0 heterocycles. The summed E-state index contributed by atoms with van der Waals surface area (Å²) in [4.78, 5) is 14.1. The van der Waals surface area contributed by atoms with E-state index in [-0.39, 0.29) is 5.91 Å². The molecule has 2 nitrogen and oxygen atoms in total. The fourth-order valence-corrected chi connectivity index (χ4v) is 1.78. The van der Waals surface area contributed by atoms with Crippen LogP contribution in [0.3, 0.4) is 0 Å². The minimum absolute atomic E-state index is 0.256. The van der Waals surface area contributed by atoms with Crippen molar-refractivity contribution >= 4 is 11.6 Å². The summed E-state index contributed by atoms with van der Waals surface area (Å²) < 4.78 is 0. The number of hydrogen-bond acceptors (Lipinski definition) is 1. The smallest absolute Gasteiger partial charge is 0.226 e. The zero-order valence-corrected chi connectivity index (χ0v) is 11.0. The molecule has 0 spiro atoms. The Labute approximate surface area is 105 Å². The fourth-order valence-electron chi connectivity index (χ4n) is 1.78. The van der Waals surface area contributed by atoms with Crippen LogP contribution in [0.15, 0.2) is 30.3 Å². The molecular formula is C15H23NO. The highest BCUT2D eigenvalue weighted by molar-refractivity contribution is 5.93. The normalized spacial score (nSPS) is 10.2. The summed E-state index contributed by atoms with van der Waals surface area (Å²) in [5.41, 5.74) is 1.03. The van der Waals surface area contributed by atoms with E-state index in [1.807, 2.05) is 35.2 Å². The molecule has 0 radical (unpaired) electrons. The first kappa shape index (κ1) is 13.8. The maximum absolute atomic E-state index is 12.1. The van der Waals surface area contributed by atoms with E-state index in [4.69, 9.17) is 0 Å². The van der Waals surface area contributed by atoms with Crippen LogP contribution in [0.4, 0.5) is 5.69 Å². The third-order valence-electron chi connectivity index (χ3n) is 2.85. The summed E-state index contributed by atoms with van der Waals surface area (Å²) in [6, 6.07) is 9.99. The van der Waals surface area contributed by atoms with Gasteiger partial charge in [-0.3, -0.25) is 4.79 Å². The van der Waals surface area contributed by atoms with Gasteiger partial charge >= 0.3 is 0 Å². The van der Waals surface area contributed by atoms with Gasteiger partial charge in [-0.15, -0.1) is 0 Å². The molecule has 94 valence electrons. The van der Waals surface area contributed by atoms with Crippen LogP contribution in [0.2, 0.25) is 0 Å². The van der Waals surface area contributed by atoms with Gasteiger partial charge < -0.3 is 4.90 Å². The zero-order valence-electron chi connectivity index (χ0n) is 11.0. The van der Waals surface area contributed by atoms with Gasteiger partial charge in [0.25, 0.3) is 0 Å². The van der Waals surface area contributed by atoms with Crippen molar-refractivity contribution in [2.75, 3.05) is 11.4 Å². The Morgan fingerprint density at radius 2 is 1.71 bits per heavy atom. The van der Waals surface area contributed by atoms with E-state index in [2.05, 4.69) is 13.8 Å². The Bertz CT molecular complexity index is 321. The van der Waals surface area contributed by atoms with Gasteiger partial charge in [0.2, 0.25) is 5.91 Å². The van der Waals surface area contributed by atoms with Gasteiger partial charge in [-0.2, -0.15) is 0 Å². The third kappa shape index (κ3) is 4.59. The van der Waals surface area contributed by atoms with Crippen molar-refractivity contribution in [3.8, 4) is 0 Å². The predicted octanol–water partition coefficient (Wildman–Crippen LogP) is 4.01. The third-order valence-corrected chi connectivity index (χ3v) is 2.85. The van der Waals surface area contributed by atoms with Gasteiger partial charge in [0.15, 0.2) is 0 Å². The Hall–Kier alpha value is -1.31. The van der Waals surface area contributed by atoms with E-state index in [9.17, 15) is 4.79 Å². The molecule has 17 heavy (non-hydrogen) atoms. The molecule has 0 N–H and O–H groups in total. The zero-order chi connectivity index (χ0) is 12.5. The number of nitrogens with zero attached hydrogens (tertiary/aromatic N) is 1. The van der Waals surface area contributed by atoms with Crippen molar-refractivity contribution in [1.82, 2.24) is 0 Å². The minimum atomic E-state index is 0.256. The largest absolute Gasteiger partial charge is 0.312 e. The van der Waals surface area contributed by atoms with Gasteiger partial charge in [-0.1, -0.05) is 44.9 Å². The van der Waals surface area contributed by atoms with Crippen molar-refractivity contribution in [1.29, 1.82) is 0 Å². The standard InChI is InChI=1S/C15H23NO/c1-3-5-12-15(17)16(13-6-4-2)14-10-8-7-9-11-14/h7-11H,3-6,12-13H2,1-2H3. The molecule has 1 aromatic rings. The molecule has 0 fully saturated rings. The molecule has 2 heteroatoms. The quantitative estimate of drug-likeness (QED) is 0.696. The number of unbranched alkanes of at least 4 members (excludes halogenated alkanes) is 2. The molecule has 1 rings (SSSR count). The van der Waals surface area contributed by atoms with Crippen molar-refractivity contribution in [3.63, 3.8) is 0 Å². The number of rotatable bonds is 7. The van der Waals surface area contributed by atoms with E-state index in [0.717, 1.165) is 37.9 Å². The Morgan fingerprint density at radius 3 is 2.29 bits per heavy atom. The van der Waals surface area contributed by atoms with E-state index in [1.54, 1.807) is 0 Å². The van der Waals surface area contributed by atoms with Gasteiger partial charge in [0, 0.05) is 18.7 Å². The van der Waals surface area contributed by atoms with Crippen LogP contribution in [0.25, 0.3) is 0 Å². The summed E-state index contributed by atoms with van der Waals surface area (Å²) in [7, 11) is 0. The average Bonchev–Trinajstić information content (AvgIpc) is 2.38. The van der Waals surface area contributed by atoms with Crippen LogP contribution < -0.4 is 4.90 Å². The van der Waals surface area contributed by atoms with Crippen molar-refractivity contribution in [3.05, 3.63) is 30.3 Å². The molecule has 0 aliphatic carbocycles. The molecule has 0 saturated carbocycles. The number of carbonyl (C=O) groups excluding carboxylic acids is 1. The highest BCUT2D eigenvalue weighted by atomic mass is 16.2. The molecule has 0 aliphatic heterocycles. The van der Waals surface area contributed by atoms with Gasteiger partial charge in [-0.05, 0) is 25.0 Å². The average molecular weight is 233 g/mol. The van der Waals surface area contributed by atoms with E-state index >= 15 is 0 Å². The lowest BCUT2D eigenvalue weighted by Crippen LogP contribution is -2.31. The van der Waals surface area contributed by atoms with E-state index < -0.39 is 0 Å². The lowest BCUT2D eigenvalue weighted by molar-refractivity contribution is -0.118. The van der Waals surface area contributed by atoms with Crippen LogP contribution in [0, 0.1) is 0 Å². The number of anilines is 1. The molecular weight excluding hydrogens is 210 g/mol. The molecule has 0 bridgehead atoms. The summed E-state index contributed by atoms with van der Waals surface area (Å²) in [6.07, 6.45) is 4.89. The lowest BCUT2D eigenvalue weighted by atomic mass is 10.2. The molecule has 1 aromatic carbocycles. The first-order valence-corrected chi connectivity index (χ1v) is 6.65. The summed E-state index contributed by atoms with van der Waals surface area (Å²) >= 11 is 0. The number of amides is 1. The van der Waals surface area contributed by atoms with Crippen LogP contribution >= 0.6 is 0 Å². The first-order chi connectivity index (χ1) is 8.29. The Kier molecular flexibility index (Phi) is 6.38. The molecule has 0 atom stereocenters. The fraction of sp³-hybridized carbons (Fsp3) is 0.533. The summed E-state index contributed by atoms with van der Waals surface area (Å²) in [5, 5.41) is 0. The predicted molar refractivity (Wildman–Crippen MR) is 73.2 cm³/mol. The number of para-hydroxylation sites is 1. The molecule has 0 unspecified atom stereocenters. The van der Waals surface area contributed by atoms with Crippen LogP contribution in [-0.2, 0) is 4.79 Å². The number of hydrogen-bond donors (Lipinski definition) is 0. The van der Waals surface area contributed by atoms with Crippen molar-refractivity contribution < 1.29 is 4.79 Å². The molecule has 1 amide bonds. The summed E-state index contributed by atoms with van der Waals surface area (Å²) in [5.74, 6) is 0.256. The Balaban J connectivity index is 2.69. The highest BCUT2D eigenvalue weighted by Crippen LogP contribution is 2.16. The number of carbonyl (C=O) groups is 1. The van der Waals surface area contributed by atoms with Crippen LogP contribution in [0.1, 0.15) is 46.0 Å². The van der Waals surface area contributed by atoms with Crippen LogP contribution in [-0.4, -0.2) is 12.5 Å². The van der Waals surface area contributed by atoms with Crippen LogP contribution in [0.5, 0.6) is 0 Å². The van der Waals surface area contributed by atoms with Gasteiger partial charge in [0.1, 0.15) is 0 Å². The molecule has 0 aliphatic rings. The SMILES string of the molecule is CCCCC(=O)N(CCCC)c1ccccc1. The van der Waals surface area contributed by atoms with Crippen molar-refractivity contribution in [2.24, 2.45) is 0 Å². The van der Waals surface area contributed by atoms with Gasteiger partial charge in [0.05, 0.1) is 0 Å². The van der Waals surface area contributed by atoms with Gasteiger partial charge in [-0.25, -0.2) is 0 Å². The Morgan fingerprint density at radius 1 is 1.06 bits per heavy atom. The minimum Gasteiger partial charge on any atom is -0.312 e. The first-order valence-electron chi connectivity index (χ1n) is 6.65. The monoisotopic (exact) mass is 233 g/mol. The second kappa shape index (κ2) is 7.88.